The summed E-state index contributed by atoms with van der Waals surface area (Å²) in [6.07, 6.45) is 54.2. The number of hydrogen-bond donors (Lipinski definition) is 3. The molecular formula is C79H154O17P2. The van der Waals surface area contributed by atoms with Gasteiger partial charge in [0, 0.05) is 25.7 Å². The van der Waals surface area contributed by atoms with E-state index in [9.17, 15) is 43.2 Å². The van der Waals surface area contributed by atoms with Crippen LogP contribution in [0.15, 0.2) is 0 Å². The number of phosphoric ester groups is 2. The van der Waals surface area contributed by atoms with Gasteiger partial charge in [-0.1, -0.05) is 351 Å². The van der Waals surface area contributed by atoms with E-state index in [0.717, 1.165) is 114 Å². The van der Waals surface area contributed by atoms with Crippen LogP contribution in [0.2, 0.25) is 0 Å². The summed E-state index contributed by atoms with van der Waals surface area (Å²) in [6, 6.07) is 0. The molecule has 6 atom stereocenters. The summed E-state index contributed by atoms with van der Waals surface area (Å²) in [4.78, 5) is 72.9. The van der Waals surface area contributed by atoms with Crippen molar-refractivity contribution in [2.45, 2.75) is 420 Å². The van der Waals surface area contributed by atoms with E-state index < -0.39 is 97.5 Å². The van der Waals surface area contributed by atoms with Crippen molar-refractivity contribution in [1.82, 2.24) is 0 Å². The lowest BCUT2D eigenvalue weighted by Crippen LogP contribution is -2.30. The van der Waals surface area contributed by atoms with Crippen LogP contribution in [0.4, 0.5) is 0 Å². The van der Waals surface area contributed by atoms with Crippen molar-refractivity contribution in [3.05, 3.63) is 0 Å². The smallest absolute Gasteiger partial charge is 0.462 e. The van der Waals surface area contributed by atoms with Crippen molar-refractivity contribution in [2.24, 2.45) is 23.7 Å². The maximum absolute atomic E-state index is 13.1. The van der Waals surface area contributed by atoms with E-state index in [-0.39, 0.29) is 25.7 Å². The predicted molar refractivity (Wildman–Crippen MR) is 400 cm³/mol. The number of esters is 4. The van der Waals surface area contributed by atoms with Crippen molar-refractivity contribution >= 4 is 39.5 Å². The number of aliphatic hydroxyl groups is 1. The molecule has 19 heteroatoms. The number of carbonyl (C=O) groups is 4. The molecule has 0 saturated heterocycles. The van der Waals surface area contributed by atoms with E-state index in [1.807, 2.05) is 0 Å². The highest BCUT2D eigenvalue weighted by Crippen LogP contribution is 2.45. The second-order valence-electron chi connectivity index (χ2n) is 30.1. The average Bonchev–Trinajstić information content (AvgIpc) is 1.12. The molecule has 0 saturated carbocycles. The van der Waals surface area contributed by atoms with E-state index in [4.69, 9.17) is 37.0 Å². The molecule has 0 amide bonds. The van der Waals surface area contributed by atoms with Crippen LogP contribution in [0.3, 0.4) is 0 Å². The molecule has 4 unspecified atom stereocenters. The topological polar surface area (TPSA) is 237 Å². The number of rotatable bonds is 76. The van der Waals surface area contributed by atoms with Gasteiger partial charge in [0.25, 0.3) is 0 Å². The molecule has 0 aliphatic heterocycles. The quantitative estimate of drug-likeness (QED) is 0.0222. The second-order valence-corrected chi connectivity index (χ2v) is 33.0. The fourth-order valence-electron chi connectivity index (χ4n) is 12.0. The number of phosphoric acid groups is 2. The van der Waals surface area contributed by atoms with E-state index in [0.29, 0.717) is 25.7 Å². The minimum atomic E-state index is -4.96. The zero-order chi connectivity index (χ0) is 72.4. The molecule has 0 aromatic carbocycles. The zero-order valence-electron chi connectivity index (χ0n) is 64.4. The summed E-state index contributed by atoms with van der Waals surface area (Å²) in [5.41, 5.74) is 0. The third kappa shape index (κ3) is 71.1. The van der Waals surface area contributed by atoms with Crippen LogP contribution in [-0.2, 0) is 65.4 Å². The highest BCUT2D eigenvalue weighted by atomic mass is 31.2. The third-order valence-electron chi connectivity index (χ3n) is 18.7. The molecule has 0 rings (SSSR count). The molecule has 0 aliphatic carbocycles. The fourth-order valence-corrected chi connectivity index (χ4v) is 13.6. The SMILES string of the molecule is CCC(C)CCCCCCCCCCC(=O)OC[C@H](COP(=O)(O)OCC(O)COP(=O)(O)OC[C@@H](COC(=O)CCCCCCCCCCC(C)C)OC(=O)CCCCCCCCCCCCCC(C)C)OC(=O)CCCCCCCCCCCCCCCCCCCCC(C)C. The Balaban J connectivity index is 5.22. The summed E-state index contributed by atoms with van der Waals surface area (Å²) in [5.74, 6) is 0.971. The maximum Gasteiger partial charge on any atom is 0.472 e. The van der Waals surface area contributed by atoms with Gasteiger partial charge in [0.2, 0.25) is 0 Å². The van der Waals surface area contributed by atoms with Gasteiger partial charge in [0.15, 0.2) is 12.2 Å². The van der Waals surface area contributed by atoms with Gasteiger partial charge in [-0.3, -0.25) is 37.3 Å². The monoisotopic (exact) mass is 1440 g/mol. The van der Waals surface area contributed by atoms with E-state index in [2.05, 4.69) is 55.4 Å². The Morgan fingerprint density at radius 2 is 0.490 bits per heavy atom. The predicted octanol–water partition coefficient (Wildman–Crippen LogP) is 23.2. The number of carbonyl (C=O) groups excluding carboxylic acids is 4. The molecular weight excluding hydrogens is 1280 g/mol. The molecule has 0 heterocycles. The summed E-state index contributed by atoms with van der Waals surface area (Å²) >= 11 is 0. The fraction of sp³-hybridized carbons (Fsp3) is 0.949. The van der Waals surface area contributed by atoms with Crippen molar-refractivity contribution in [3.8, 4) is 0 Å². The van der Waals surface area contributed by atoms with Gasteiger partial charge in [-0.25, -0.2) is 9.13 Å². The van der Waals surface area contributed by atoms with Gasteiger partial charge in [-0.2, -0.15) is 0 Å². The third-order valence-corrected chi connectivity index (χ3v) is 20.6. The normalized spacial score (nSPS) is 14.3. The molecule has 3 N–H and O–H groups in total. The highest BCUT2D eigenvalue weighted by molar-refractivity contribution is 7.47. The van der Waals surface area contributed by atoms with Gasteiger partial charge in [0.1, 0.15) is 19.3 Å². The Hall–Kier alpha value is -1.94. The number of ether oxygens (including phenoxy) is 4. The molecule has 98 heavy (non-hydrogen) atoms. The van der Waals surface area contributed by atoms with Crippen LogP contribution in [0.25, 0.3) is 0 Å². The van der Waals surface area contributed by atoms with E-state index >= 15 is 0 Å². The van der Waals surface area contributed by atoms with Gasteiger partial charge in [-0.05, 0) is 49.4 Å². The molecule has 0 radical (unpaired) electrons. The summed E-state index contributed by atoms with van der Waals surface area (Å²) in [6.45, 7) is 14.2. The Bertz CT molecular complexity index is 1920. The molecule has 17 nitrogen and oxygen atoms in total. The van der Waals surface area contributed by atoms with Gasteiger partial charge in [-0.15, -0.1) is 0 Å². The average molecular weight is 1440 g/mol. The highest BCUT2D eigenvalue weighted by Gasteiger charge is 2.30. The van der Waals surface area contributed by atoms with Gasteiger partial charge in [0.05, 0.1) is 26.4 Å². The second kappa shape index (κ2) is 68.2. The zero-order valence-corrected chi connectivity index (χ0v) is 66.2. The van der Waals surface area contributed by atoms with Crippen LogP contribution in [0.5, 0.6) is 0 Å². The van der Waals surface area contributed by atoms with Crippen LogP contribution >= 0.6 is 15.6 Å². The summed E-state index contributed by atoms with van der Waals surface area (Å²) in [7, 11) is -9.92. The minimum Gasteiger partial charge on any atom is -0.462 e. The Morgan fingerprint density at radius 3 is 0.724 bits per heavy atom. The first kappa shape index (κ1) is 96.1. The Morgan fingerprint density at radius 1 is 0.286 bits per heavy atom. The molecule has 0 spiro atoms. The summed E-state index contributed by atoms with van der Waals surface area (Å²) in [5, 5.41) is 10.6. The van der Waals surface area contributed by atoms with Crippen molar-refractivity contribution in [3.63, 3.8) is 0 Å². The van der Waals surface area contributed by atoms with Crippen LogP contribution in [0.1, 0.15) is 402 Å². The molecule has 582 valence electrons. The maximum atomic E-state index is 13.1. The molecule has 0 bridgehead atoms. The van der Waals surface area contributed by atoms with E-state index in [1.54, 1.807) is 0 Å². The molecule has 0 aromatic rings. The number of aliphatic hydroxyl groups excluding tert-OH is 1. The lowest BCUT2D eigenvalue weighted by molar-refractivity contribution is -0.161. The Labute approximate surface area is 600 Å². The first-order valence-corrected chi connectivity index (χ1v) is 43.7. The first-order valence-electron chi connectivity index (χ1n) is 40.7. The lowest BCUT2D eigenvalue weighted by Gasteiger charge is -2.21. The minimum absolute atomic E-state index is 0.106. The van der Waals surface area contributed by atoms with Crippen molar-refractivity contribution in [2.75, 3.05) is 39.6 Å². The largest absolute Gasteiger partial charge is 0.472 e. The lowest BCUT2D eigenvalue weighted by atomic mass is 9.99. The summed E-state index contributed by atoms with van der Waals surface area (Å²) < 4.78 is 68.6. The Kier molecular flexibility index (Phi) is 66.8. The molecule has 0 aliphatic rings. The number of unbranched alkanes of at least 4 members (excludes halogenated alkanes) is 41. The van der Waals surface area contributed by atoms with Gasteiger partial charge >= 0.3 is 39.5 Å². The molecule has 0 fully saturated rings. The van der Waals surface area contributed by atoms with Crippen molar-refractivity contribution in [1.29, 1.82) is 0 Å². The number of hydrogen-bond acceptors (Lipinski definition) is 15. The van der Waals surface area contributed by atoms with E-state index in [1.165, 1.54) is 205 Å². The first-order chi connectivity index (χ1) is 47.1. The standard InChI is InChI=1S/C79H154O17P2/c1-9-72(8)58-50-42-34-28-30-36-44-52-60-77(82)90-66-75(95-78(83)61-53-45-37-25-21-17-15-13-11-10-12-14-16-19-23-31-39-47-55-69(2)3)68-94-98(87,88)92-64-73(80)63-91-97(85,86)93-67-74(65-89-76(81)59-51-43-35-29-27-33-41-49-57-71(6)7)96-79(84)62-54-46-38-26-22-18-20-24-32-40-48-56-70(4)5/h69-75,80H,9-68H2,1-8H3,(H,85,86)(H,87,88)/t72?,73?,74-,75-/m1/s1. The van der Waals surface area contributed by atoms with Crippen LogP contribution in [-0.4, -0.2) is 96.7 Å². The van der Waals surface area contributed by atoms with Gasteiger partial charge < -0.3 is 33.8 Å². The van der Waals surface area contributed by atoms with Crippen LogP contribution < -0.4 is 0 Å². The van der Waals surface area contributed by atoms with Crippen LogP contribution in [0, 0.1) is 23.7 Å². The molecule has 0 aromatic heterocycles. The van der Waals surface area contributed by atoms with Crippen molar-refractivity contribution < 1.29 is 80.2 Å².